The standard InChI is InChI=1S/C31H40N6O3/c1-31(2,3)27(34-28(38)25-16-21-8-4-5-9-24(21)33-25)30(40)37-19-22-17-23(37)18-36(22)29(39)20-11-14-35(15-12-20)26-10-6-7-13-32-26/h4-10,13,20,22-23,25,27,33H,11-12,14-19H2,1-3H3,(H,34,38)/t22-,23-,25?,27+/m0/s1. The minimum atomic E-state index is -0.634. The number of hydrogen-bond donors (Lipinski definition) is 2. The number of likely N-dealkylation sites (tertiary alicyclic amines) is 2. The van der Waals surface area contributed by atoms with Gasteiger partial charge in [-0.05, 0) is 48.4 Å². The van der Waals surface area contributed by atoms with Gasteiger partial charge >= 0.3 is 0 Å². The van der Waals surface area contributed by atoms with Crippen molar-refractivity contribution in [2.45, 2.75) is 70.6 Å². The maximum Gasteiger partial charge on any atom is 0.246 e. The van der Waals surface area contributed by atoms with Crippen LogP contribution in [0.15, 0.2) is 48.7 Å². The number of fused-ring (bicyclic) bond motifs is 3. The summed E-state index contributed by atoms with van der Waals surface area (Å²) < 4.78 is 0. The van der Waals surface area contributed by atoms with Crippen molar-refractivity contribution in [3.63, 3.8) is 0 Å². The molecule has 2 aromatic rings. The minimum Gasteiger partial charge on any atom is -0.373 e. The van der Waals surface area contributed by atoms with Gasteiger partial charge in [0.1, 0.15) is 17.9 Å². The summed E-state index contributed by atoms with van der Waals surface area (Å²) in [6.45, 7) is 8.76. The topological polar surface area (TPSA) is 97.9 Å². The summed E-state index contributed by atoms with van der Waals surface area (Å²) in [7, 11) is 0. The molecule has 4 aliphatic heterocycles. The van der Waals surface area contributed by atoms with Gasteiger partial charge in [0.15, 0.2) is 0 Å². The first kappa shape index (κ1) is 26.6. The van der Waals surface area contributed by atoms with Crippen molar-refractivity contribution < 1.29 is 14.4 Å². The second kappa shape index (κ2) is 10.4. The van der Waals surface area contributed by atoms with Gasteiger partial charge in [0.25, 0.3) is 0 Å². The fourth-order valence-corrected chi connectivity index (χ4v) is 6.85. The van der Waals surface area contributed by atoms with E-state index in [1.807, 2.05) is 73.0 Å². The number of pyridine rings is 1. The Morgan fingerprint density at radius 2 is 1.68 bits per heavy atom. The van der Waals surface area contributed by atoms with Gasteiger partial charge in [-0.25, -0.2) is 4.98 Å². The predicted molar refractivity (Wildman–Crippen MR) is 154 cm³/mol. The maximum atomic E-state index is 13.9. The van der Waals surface area contributed by atoms with E-state index in [0.29, 0.717) is 19.5 Å². The van der Waals surface area contributed by atoms with Gasteiger partial charge in [-0.3, -0.25) is 14.4 Å². The molecule has 9 nitrogen and oxygen atoms in total. The van der Waals surface area contributed by atoms with Crippen molar-refractivity contribution in [2.24, 2.45) is 11.3 Å². The molecule has 5 heterocycles. The van der Waals surface area contributed by atoms with Crippen LogP contribution in [0.4, 0.5) is 11.5 Å². The summed E-state index contributed by atoms with van der Waals surface area (Å²) in [4.78, 5) is 51.3. The molecule has 3 fully saturated rings. The van der Waals surface area contributed by atoms with Crippen molar-refractivity contribution in [3.05, 3.63) is 54.2 Å². The Hall–Kier alpha value is -3.62. The van der Waals surface area contributed by atoms with Crippen LogP contribution in [0, 0.1) is 11.3 Å². The Morgan fingerprint density at radius 1 is 0.975 bits per heavy atom. The van der Waals surface area contributed by atoms with Crippen LogP contribution in [0.2, 0.25) is 0 Å². The Morgan fingerprint density at radius 3 is 2.33 bits per heavy atom. The molecule has 9 heteroatoms. The molecule has 2 bridgehead atoms. The van der Waals surface area contributed by atoms with Crippen molar-refractivity contribution >= 4 is 29.2 Å². The highest BCUT2D eigenvalue weighted by Crippen LogP contribution is 2.36. The van der Waals surface area contributed by atoms with E-state index in [0.717, 1.165) is 49.4 Å². The van der Waals surface area contributed by atoms with Crippen LogP contribution in [-0.4, -0.2) is 82.9 Å². The zero-order valence-electron chi connectivity index (χ0n) is 23.7. The van der Waals surface area contributed by atoms with Gasteiger partial charge in [-0.15, -0.1) is 0 Å². The first-order chi connectivity index (χ1) is 19.2. The van der Waals surface area contributed by atoms with E-state index in [9.17, 15) is 14.4 Å². The van der Waals surface area contributed by atoms with Gasteiger partial charge in [0.05, 0.1) is 12.1 Å². The van der Waals surface area contributed by atoms with Gasteiger partial charge in [0.2, 0.25) is 17.7 Å². The van der Waals surface area contributed by atoms with E-state index in [1.165, 1.54) is 0 Å². The van der Waals surface area contributed by atoms with Crippen LogP contribution in [0.3, 0.4) is 0 Å². The monoisotopic (exact) mass is 544 g/mol. The lowest BCUT2D eigenvalue weighted by molar-refractivity contribution is -0.146. The van der Waals surface area contributed by atoms with Crippen LogP contribution in [0.5, 0.6) is 0 Å². The second-order valence-electron chi connectivity index (χ2n) is 12.8. The number of amides is 3. The van der Waals surface area contributed by atoms with E-state index < -0.39 is 11.5 Å². The minimum absolute atomic E-state index is 0.00525. The van der Waals surface area contributed by atoms with Crippen molar-refractivity contribution in [3.8, 4) is 0 Å². The average molecular weight is 545 g/mol. The molecule has 1 unspecified atom stereocenters. The van der Waals surface area contributed by atoms with E-state index in [4.69, 9.17) is 0 Å². The first-order valence-electron chi connectivity index (χ1n) is 14.6. The summed E-state index contributed by atoms with van der Waals surface area (Å²) in [5, 5.41) is 6.39. The third-order valence-electron chi connectivity index (χ3n) is 9.11. The van der Waals surface area contributed by atoms with Gasteiger partial charge in [-0.2, -0.15) is 0 Å². The number of piperazine rings is 1. The highest BCUT2D eigenvalue weighted by Gasteiger charge is 2.50. The number of para-hydroxylation sites is 1. The molecular formula is C31H40N6O3. The van der Waals surface area contributed by atoms with Crippen LogP contribution in [0.25, 0.3) is 0 Å². The Balaban J connectivity index is 1.05. The summed E-state index contributed by atoms with van der Waals surface area (Å²) in [5.74, 6) is 1.03. The average Bonchev–Trinajstić information content (AvgIpc) is 3.69. The molecule has 6 rings (SSSR count). The molecule has 1 aromatic heterocycles. The Labute approximate surface area is 236 Å². The lowest BCUT2D eigenvalue weighted by Crippen LogP contribution is -2.60. The van der Waals surface area contributed by atoms with Crippen LogP contribution < -0.4 is 15.5 Å². The van der Waals surface area contributed by atoms with E-state index in [2.05, 4.69) is 20.5 Å². The fourth-order valence-electron chi connectivity index (χ4n) is 6.85. The molecule has 4 atom stereocenters. The molecule has 3 amide bonds. The smallest absolute Gasteiger partial charge is 0.246 e. The summed E-state index contributed by atoms with van der Waals surface area (Å²) in [5.41, 5.74) is 1.65. The molecule has 212 valence electrons. The number of carbonyl (C=O) groups is 3. The summed E-state index contributed by atoms with van der Waals surface area (Å²) >= 11 is 0. The quantitative estimate of drug-likeness (QED) is 0.601. The third-order valence-corrected chi connectivity index (χ3v) is 9.11. The molecule has 1 aromatic carbocycles. The number of hydrogen-bond acceptors (Lipinski definition) is 6. The van der Waals surface area contributed by atoms with Gasteiger partial charge in [-0.1, -0.05) is 45.0 Å². The zero-order chi connectivity index (χ0) is 28.0. The zero-order valence-corrected chi connectivity index (χ0v) is 23.7. The largest absolute Gasteiger partial charge is 0.373 e. The number of rotatable bonds is 5. The summed E-state index contributed by atoms with van der Waals surface area (Å²) in [6.07, 6.45) is 4.88. The van der Waals surface area contributed by atoms with E-state index in [-0.39, 0.29) is 41.8 Å². The van der Waals surface area contributed by atoms with E-state index >= 15 is 0 Å². The molecule has 2 N–H and O–H groups in total. The Bertz CT molecular complexity index is 1240. The van der Waals surface area contributed by atoms with E-state index in [1.54, 1.807) is 6.20 Å². The maximum absolute atomic E-state index is 13.9. The van der Waals surface area contributed by atoms with Gasteiger partial charge < -0.3 is 25.3 Å². The SMILES string of the molecule is CC(C)(C)[C@H](NC(=O)C1Cc2ccccc2N1)C(=O)N1C[C@@H]2C[C@H]1CN2C(=O)C1CCN(c2ccccn2)CC1. The lowest BCUT2D eigenvalue weighted by Gasteiger charge is -2.41. The number of anilines is 2. The fraction of sp³-hybridized carbons (Fsp3) is 0.548. The number of carbonyl (C=O) groups excluding carboxylic acids is 3. The molecule has 0 radical (unpaired) electrons. The van der Waals surface area contributed by atoms with Crippen LogP contribution in [-0.2, 0) is 20.8 Å². The molecular weight excluding hydrogens is 504 g/mol. The van der Waals surface area contributed by atoms with Crippen molar-refractivity contribution in [1.29, 1.82) is 0 Å². The predicted octanol–water partition coefficient (Wildman–Crippen LogP) is 2.68. The highest BCUT2D eigenvalue weighted by atomic mass is 16.2. The molecule has 0 aliphatic carbocycles. The van der Waals surface area contributed by atoms with Crippen LogP contribution in [0.1, 0.15) is 45.6 Å². The molecule has 40 heavy (non-hydrogen) atoms. The van der Waals surface area contributed by atoms with Crippen molar-refractivity contribution in [2.75, 3.05) is 36.4 Å². The number of aromatic nitrogens is 1. The number of piperidine rings is 1. The second-order valence-corrected chi connectivity index (χ2v) is 12.8. The molecule has 0 spiro atoms. The number of nitrogens with one attached hydrogen (secondary N) is 2. The molecule has 0 saturated carbocycles. The van der Waals surface area contributed by atoms with Gasteiger partial charge in [0, 0.05) is 50.4 Å². The van der Waals surface area contributed by atoms with Crippen LogP contribution >= 0.6 is 0 Å². The van der Waals surface area contributed by atoms with Crippen molar-refractivity contribution in [1.82, 2.24) is 20.1 Å². The normalized spacial score (nSPS) is 25.0. The Kier molecular flexibility index (Phi) is 6.92. The third kappa shape index (κ3) is 5.02. The summed E-state index contributed by atoms with van der Waals surface area (Å²) in [6, 6.07) is 12.9. The lowest BCUT2D eigenvalue weighted by atomic mass is 9.85. The molecule has 4 aliphatic rings. The highest BCUT2D eigenvalue weighted by molar-refractivity contribution is 5.93. The molecule has 3 saturated heterocycles. The first-order valence-corrected chi connectivity index (χ1v) is 14.6. The number of nitrogens with zero attached hydrogens (tertiary/aromatic N) is 4. The number of benzene rings is 1.